The van der Waals surface area contributed by atoms with E-state index < -0.39 is 0 Å². The van der Waals surface area contributed by atoms with Gasteiger partial charge in [-0.05, 0) is 68.1 Å². The molecule has 5 nitrogen and oxygen atoms in total. The zero-order chi connectivity index (χ0) is 23.3. The summed E-state index contributed by atoms with van der Waals surface area (Å²) in [6.07, 6.45) is 8.91. The van der Waals surface area contributed by atoms with E-state index in [-0.39, 0.29) is 11.4 Å². The maximum absolute atomic E-state index is 12.2. The van der Waals surface area contributed by atoms with Crippen LogP contribution in [0.3, 0.4) is 0 Å². The van der Waals surface area contributed by atoms with E-state index >= 15 is 0 Å². The molecular weight excluding hydrogens is 400 g/mol. The zero-order valence-electron chi connectivity index (χ0n) is 20.6. The summed E-state index contributed by atoms with van der Waals surface area (Å²) in [6.45, 7) is 10.8. The number of nitrogens with zero attached hydrogens (tertiary/aromatic N) is 2. The van der Waals surface area contributed by atoms with E-state index in [0.717, 1.165) is 42.6 Å². The van der Waals surface area contributed by atoms with Crippen LogP contribution in [0.25, 0.3) is 11.0 Å². The fourth-order valence-electron chi connectivity index (χ4n) is 4.77. The van der Waals surface area contributed by atoms with Crippen LogP contribution in [0, 0.1) is 5.41 Å². The largest absolute Gasteiger partial charge is 0.466 e. The molecule has 1 heterocycles. The predicted octanol–water partition coefficient (Wildman–Crippen LogP) is 6.15. The third kappa shape index (κ3) is 5.99. The molecule has 0 unspecified atom stereocenters. The van der Waals surface area contributed by atoms with E-state index in [2.05, 4.69) is 38.3 Å². The number of ether oxygens (including phenoxy) is 1. The Morgan fingerprint density at radius 2 is 1.91 bits per heavy atom. The van der Waals surface area contributed by atoms with Crippen LogP contribution in [-0.2, 0) is 33.6 Å². The Morgan fingerprint density at radius 3 is 2.50 bits per heavy atom. The van der Waals surface area contributed by atoms with E-state index in [1.807, 2.05) is 13.0 Å². The van der Waals surface area contributed by atoms with Gasteiger partial charge in [0.25, 0.3) is 0 Å². The maximum Gasteiger partial charge on any atom is 0.310 e. The lowest BCUT2D eigenvalue weighted by Crippen LogP contribution is -2.20. The number of Topliss-reactive ketones (excluding diaryl/α,β-unsaturated/α-hetero) is 1. The molecule has 1 aromatic carbocycles. The van der Waals surface area contributed by atoms with Gasteiger partial charge in [0.05, 0.1) is 24.1 Å². The molecule has 0 bridgehead atoms. The van der Waals surface area contributed by atoms with Gasteiger partial charge in [0.15, 0.2) is 0 Å². The number of benzene rings is 1. The lowest BCUT2D eigenvalue weighted by molar-refractivity contribution is -0.142. The van der Waals surface area contributed by atoms with Crippen LogP contribution in [0.1, 0.15) is 103 Å². The second-order valence-electron chi connectivity index (χ2n) is 10.4. The minimum atomic E-state index is -0.170. The Bertz CT molecular complexity index is 948. The number of hydrogen-bond donors (Lipinski definition) is 0. The standard InChI is InChI=1S/C27H40N2O3/c1-6-22-19(17-25(31)32-7-2)15-16-23-26(22)29(20-11-10-12-20)24(28-23)14-9-8-13-21(30)18-27(3,4)5/h15-16,20H,6-14,17-18H2,1-5H3. The Balaban J connectivity index is 1.81. The van der Waals surface area contributed by atoms with E-state index in [4.69, 9.17) is 9.72 Å². The number of carbonyl (C=O) groups excluding carboxylic acids is 2. The van der Waals surface area contributed by atoms with Gasteiger partial charge in [-0.25, -0.2) is 4.98 Å². The monoisotopic (exact) mass is 440 g/mol. The summed E-state index contributed by atoms with van der Waals surface area (Å²) in [5.41, 5.74) is 4.57. The molecule has 5 heteroatoms. The number of hydrogen-bond acceptors (Lipinski definition) is 4. The van der Waals surface area contributed by atoms with Gasteiger partial charge >= 0.3 is 5.97 Å². The average Bonchev–Trinajstić information content (AvgIpc) is 3.01. The fourth-order valence-corrected chi connectivity index (χ4v) is 4.77. The smallest absolute Gasteiger partial charge is 0.310 e. The van der Waals surface area contributed by atoms with Gasteiger partial charge in [0.1, 0.15) is 11.6 Å². The summed E-state index contributed by atoms with van der Waals surface area (Å²) in [7, 11) is 0. The van der Waals surface area contributed by atoms with Crippen molar-refractivity contribution in [2.75, 3.05) is 6.61 Å². The van der Waals surface area contributed by atoms with Crippen molar-refractivity contribution in [3.63, 3.8) is 0 Å². The van der Waals surface area contributed by atoms with Crippen LogP contribution in [0.4, 0.5) is 0 Å². The van der Waals surface area contributed by atoms with Crippen LogP contribution < -0.4 is 0 Å². The molecule has 0 spiro atoms. The molecule has 0 amide bonds. The number of ketones is 1. The van der Waals surface area contributed by atoms with Gasteiger partial charge in [-0.2, -0.15) is 0 Å². The molecule has 1 aromatic heterocycles. The molecule has 1 fully saturated rings. The number of esters is 1. The zero-order valence-corrected chi connectivity index (χ0v) is 20.6. The molecule has 1 aliphatic rings. The van der Waals surface area contributed by atoms with Crippen LogP contribution >= 0.6 is 0 Å². The molecule has 0 saturated heterocycles. The molecule has 32 heavy (non-hydrogen) atoms. The average molecular weight is 441 g/mol. The fraction of sp³-hybridized carbons (Fsp3) is 0.667. The Morgan fingerprint density at radius 1 is 1.16 bits per heavy atom. The first-order chi connectivity index (χ1) is 15.2. The number of unbranched alkanes of at least 4 members (excludes halogenated alkanes) is 1. The molecule has 1 saturated carbocycles. The quantitative estimate of drug-likeness (QED) is 0.311. The van der Waals surface area contributed by atoms with Gasteiger partial charge in [0, 0.05) is 25.3 Å². The minimum absolute atomic E-state index is 0.0626. The molecule has 0 radical (unpaired) electrons. The minimum Gasteiger partial charge on any atom is -0.466 e. The van der Waals surface area contributed by atoms with E-state index in [1.54, 1.807) is 0 Å². The highest BCUT2D eigenvalue weighted by molar-refractivity contribution is 5.84. The number of imidazole rings is 1. The van der Waals surface area contributed by atoms with E-state index in [9.17, 15) is 9.59 Å². The Hall–Kier alpha value is -2.17. The van der Waals surface area contributed by atoms with Crippen molar-refractivity contribution in [1.82, 2.24) is 9.55 Å². The van der Waals surface area contributed by atoms with Crippen molar-refractivity contribution in [3.8, 4) is 0 Å². The second-order valence-corrected chi connectivity index (χ2v) is 10.4. The van der Waals surface area contributed by atoms with E-state index in [1.165, 1.54) is 30.3 Å². The van der Waals surface area contributed by atoms with Crippen molar-refractivity contribution in [2.45, 2.75) is 105 Å². The van der Waals surface area contributed by atoms with Crippen LogP contribution in [0.2, 0.25) is 0 Å². The van der Waals surface area contributed by atoms with Gasteiger partial charge in [-0.1, -0.05) is 33.8 Å². The summed E-state index contributed by atoms with van der Waals surface area (Å²) in [5.74, 6) is 1.33. The topological polar surface area (TPSA) is 61.2 Å². The van der Waals surface area contributed by atoms with Crippen molar-refractivity contribution >= 4 is 22.8 Å². The lowest BCUT2D eigenvalue weighted by Gasteiger charge is -2.30. The molecule has 0 aliphatic heterocycles. The molecule has 1 aliphatic carbocycles. The van der Waals surface area contributed by atoms with Crippen LogP contribution in [0.15, 0.2) is 12.1 Å². The number of carbonyl (C=O) groups is 2. The Labute approximate surface area is 192 Å². The first-order valence-corrected chi connectivity index (χ1v) is 12.4. The van der Waals surface area contributed by atoms with Crippen LogP contribution in [0.5, 0.6) is 0 Å². The molecule has 176 valence electrons. The highest BCUT2D eigenvalue weighted by Crippen LogP contribution is 2.38. The Kier molecular flexibility index (Phi) is 8.13. The number of aryl methyl sites for hydroxylation is 2. The lowest BCUT2D eigenvalue weighted by atomic mass is 9.88. The molecule has 2 aromatic rings. The molecule has 3 rings (SSSR count). The highest BCUT2D eigenvalue weighted by Gasteiger charge is 2.26. The number of fused-ring (bicyclic) bond motifs is 1. The predicted molar refractivity (Wildman–Crippen MR) is 129 cm³/mol. The summed E-state index contributed by atoms with van der Waals surface area (Å²) in [5, 5.41) is 0. The van der Waals surface area contributed by atoms with Gasteiger partial charge < -0.3 is 9.30 Å². The highest BCUT2D eigenvalue weighted by atomic mass is 16.5. The SMILES string of the molecule is CCOC(=O)Cc1ccc2nc(CCCCC(=O)CC(C)(C)C)n(C3CCC3)c2c1CC. The summed E-state index contributed by atoms with van der Waals surface area (Å²) < 4.78 is 7.66. The number of rotatable bonds is 11. The third-order valence-electron chi connectivity index (χ3n) is 6.39. The first-order valence-electron chi connectivity index (χ1n) is 12.4. The summed E-state index contributed by atoms with van der Waals surface area (Å²) >= 11 is 0. The first kappa shape index (κ1) is 24.5. The van der Waals surface area contributed by atoms with E-state index in [0.29, 0.717) is 37.7 Å². The second kappa shape index (κ2) is 10.6. The van der Waals surface area contributed by atoms with Crippen LogP contribution in [-0.4, -0.2) is 27.9 Å². The van der Waals surface area contributed by atoms with Gasteiger partial charge in [0.2, 0.25) is 0 Å². The summed E-state index contributed by atoms with van der Waals surface area (Å²) in [6, 6.07) is 4.61. The maximum atomic E-state index is 12.2. The van der Waals surface area contributed by atoms with Gasteiger partial charge in [-0.3, -0.25) is 9.59 Å². The third-order valence-corrected chi connectivity index (χ3v) is 6.39. The molecular formula is C27H40N2O3. The molecule has 0 atom stereocenters. The van der Waals surface area contributed by atoms with Gasteiger partial charge in [-0.15, -0.1) is 0 Å². The van der Waals surface area contributed by atoms with Crippen molar-refractivity contribution in [2.24, 2.45) is 5.41 Å². The normalized spacial score (nSPS) is 14.5. The van der Waals surface area contributed by atoms with Crippen molar-refractivity contribution in [3.05, 3.63) is 29.1 Å². The van der Waals surface area contributed by atoms with Crippen molar-refractivity contribution in [1.29, 1.82) is 0 Å². The number of aromatic nitrogens is 2. The summed E-state index contributed by atoms with van der Waals surface area (Å²) in [4.78, 5) is 29.4. The molecule has 0 N–H and O–H groups in total. The van der Waals surface area contributed by atoms with Crippen molar-refractivity contribution < 1.29 is 14.3 Å².